The minimum absolute atomic E-state index is 0.0639. The number of carbonyl (C=O) groups is 2. The number of hydrogen-bond donors (Lipinski definition) is 2. The quantitative estimate of drug-likeness (QED) is 0.567. The van der Waals surface area contributed by atoms with Crippen LogP contribution in [0.4, 0.5) is 11.5 Å². The number of nitrogens with zero attached hydrogens (tertiary/aromatic N) is 3. The Kier molecular flexibility index (Phi) is 5.58. The Morgan fingerprint density at radius 2 is 2.05 bits per heavy atom. The third-order valence-electron chi connectivity index (χ3n) is 2.85. The summed E-state index contributed by atoms with van der Waals surface area (Å²) in [6.07, 6.45) is 0.855. The van der Waals surface area contributed by atoms with Gasteiger partial charge in [-0.1, -0.05) is 0 Å². The normalized spacial score (nSPS) is 10.0. The summed E-state index contributed by atoms with van der Waals surface area (Å²) in [7, 11) is 0. The number of carbonyl (C=O) groups excluding carboxylic acids is 1. The van der Waals surface area contributed by atoms with Crippen molar-refractivity contribution in [2.75, 3.05) is 25.0 Å². The van der Waals surface area contributed by atoms with Crippen molar-refractivity contribution in [3.8, 4) is 0 Å². The van der Waals surface area contributed by atoms with Gasteiger partial charge in [0, 0.05) is 19.2 Å². The van der Waals surface area contributed by atoms with E-state index in [4.69, 9.17) is 5.11 Å². The van der Waals surface area contributed by atoms with Gasteiger partial charge in [-0.15, -0.1) is 0 Å². The SMILES string of the molecule is CCN(CC)C(=O)CNc1cc(C(=O)O)c([N+](=O)[O-])cn1. The summed E-state index contributed by atoms with van der Waals surface area (Å²) in [5, 5.41) is 22.3. The Labute approximate surface area is 120 Å². The second kappa shape index (κ2) is 7.17. The van der Waals surface area contributed by atoms with E-state index < -0.39 is 22.1 Å². The van der Waals surface area contributed by atoms with Crippen LogP contribution >= 0.6 is 0 Å². The van der Waals surface area contributed by atoms with Crippen LogP contribution in [0, 0.1) is 10.1 Å². The maximum Gasteiger partial charge on any atom is 0.342 e. The van der Waals surface area contributed by atoms with Gasteiger partial charge in [-0.3, -0.25) is 14.9 Å². The number of likely N-dealkylation sites (N-methyl/N-ethyl adjacent to an activating group) is 1. The first kappa shape index (κ1) is 16.3. The fourth-order valence-electron chi connectivity index (χ4n) is 1.72. The van der Waals surface area contributed by atoms with Crippen LogP contribution in [0.1, 0.15) is 24.2 Å². The van der Waals surface area contributed by atoms with Crippen LogP contribution in [0.2, 0.25) is 0 Å². The smallest absolute Gasteiger partial charge is 0.342 e. The van der Waals surface area contributed by atoms with Crippen molar-refractivity contribution in [1.29, 1.82) is 0 Å². The van der Waals surface area contributed by atoms with Crippen molar-refractivity contribution in [1.82, 2.24) is 9.88 Å². The number of hydrogen-bond acceptors (Lipinski definition) is 6. The van der Waals surface area contributed by atoms with Gasteiger partial charge in [-0.2, -0.15) is 0 Å². The second-order valence-corrected chi connectivity index (χ2v) is 4.07. The molecule has 21 heavy (non-hydrogen) atoms. The lowest BCUT2D eigenvalue weighted by molar-refractivity contribution is -0.385. The van der Waals surface area contributed by atoms with Crippen LogP contribution in [0.15, 0.2) is 12.3 Å². The molecule has 1 amide bonds. The monoisotopic (exact) mass is 296 g/mol. The molecule has 0 fully saturated rings. The summed E-state index contributed by atoms with van der Waals surface area (Å²) < 4.78 is 0. The van der Waals surface area contributed by atoms with Crippen molar-refractivity contribution in [2.45, 2.75) is 13.8 Å². The minimum Gasteiger partial charge on any atom is -0.477 e. The topological polar surface area (TPSA) is 126 Å². The number of aromatic nitrogens is 1. The molecule has 0 aromatic carbocycles. The van der Waals surface area contributed by atoms with Gasteiger partial charge in [0.1, 0.15) is 17.6 Å². The van der Waals surface area contributed by atoms with Gasteiger partial charge in [0.05, 0.1) is 11.5 Å². The van der Waals surface area contributed by atoms with Crippen LogP contribution in [0.3, 0.4) is 0 Å². The molecular formula is C12H16N4O5. The molecular weight excluding hydrogens is 280 g/mol. The highest BCUT2D eigenvalue weighted by Gasteiger charge is 2.21. The first-order chi connectivity index (χ1) is 9.90. The summed E-state index contributed by atoms with van der Waals surface area (Å²) >= 11 is 0. The fraction of sp³-hybridized carbons (Fsp3) is 0.417. The van der Waals surface area contributed by atoms with E-state index in [1.165, 1.54) is 0 Å². The van der Waals surface area contributed by atoms with Crippen LogP contribution < -0.4 is 5.32 Å². The van der Waals surface area contributed by atoms with Gasteiger partial charge in [0.25, 0.3) is 0 Å². The van der Waals surface area contributed by atoms with Crippen molar-refractivity contribution in [2.24, 2.45) is 0 Å². The number of anilines is 1. The molecule has 1 aromatic rings. The van der Waals surface area contributed by atoms with Crippen molar-refractivity contribution < 1.29 is 19.6 Å². The number of amides is 1. The van der Waals surface area contributed by atoms with Crippen LogP contribution in [0.25, 0.3) is 0 Å². The number of rotatable bonds is 7. The number of carboxylic acids is 1. The predicted molar refractivity (Wildman–Crippen MR) is 74.3 cm³/mol. The fourth-order valence-corrected chi connectivity index (χ4v) is 1.72. The molecule has 0 radical (unpaired) electrons. The van der Waals surface area contributed by atoms with E-state index >= 15 is 0 Å². The molecule has 114 valence electrons. The van der Waals surface area contributed by atoms with Gasteiger partial charge < -0.3 is 15.3 Å². The number of carboxylic acid groups (broad SMARTS) is 1. The molecule has 1 rings (SSSR count). The molecule has 9 nitrogen and oxygen atoms in total. The van der Waals surface area contributed by atoms with Crippen molar-refractivity contribution in [3.05, 3.63) is 27.9 Å². The first-order valence-corrected chi connectivity index (χ1v) is 6.30. The molecule has 1 heterocycles. The van der Waals surface area contributed by atoms with E-state index in [1.807, 2.05) is 13.8 Å². The summed E-state index contributed by atoms with van der Waals surface area (Å²) in [5.41, 5.74) is -1.07. The maximum absolute atomic E-state index is 11.8. The third-order valence-corrected chi connectivity index (χ3v) is 2.85. The van der Waals surface area contributed by atoms with Gasteiger partial charge in [0.2, 0.25) is 5.91 Å². The minimum atomic E-state index is -1.43. The highest BCUT2D eigenvalue weighted by atomic mass is 16.6. The average Bonchev–Trinajstić information content (AvgIpc) is 2.45. The number of nitro groups is 1. The zero-order valence-corrected chi connectivity index (χ0v) is 11.7. The van der Waals surface area contributed by atoms with Crippen molar-refractivity contribution in [3.63, 3.8) is 0 Å². The lowest BCUT2D eigenvalue weighted by Crippen LogP contribution is -2.35. The number of nitrogens with one attached hydrogen (secondary N) is 1. The van der Waals surface area contributed by atoms with Gasteiger partial charge in [0.15, 0.2) is 0 Å². The molecule has 0 bridgehead atoms. The first-order valence-electron chi connectivity index (χ1n) is 6.30. The molecule has 0 aliphatic carbocycles. The molecule has 0 saturated heterocycles. The molecule has 1 aromatic heterocycles. The Morgan fingerprint density at radius 3 is 2.52 bits per heavy atom. The Hall–Kier alpha value is -2.71. The van der Waals surface area contributed by atoms with Gasteiger partial charge in [-0.05, 0) is 13.8 Å². The Morgan fingerprint density at radius 1 is 1.43 bits per heavy atom. The average molecular weight is 296 g/mol. The van der Waals surface area contributed by atoms with Crippen LogP contribution in [-0.4, -0.2) is 51.4 Å². The summed E-state index contributed by atoms with van der Waals surface area (Å²) in [5.74, 6) is -1.50. The van der Waals surface area contributed by atoms with E-state index in [1.54, 1.807) is 4.90 Å². The van der Waals surface area contributed by atoms with Gasteiger partial charge in [-0.25, -0.2) is 9.78 Å². The van der Waals surface area contributed by atoms with E-state index in [0.717, 1.165) is 12.3 Å². The summed E-state index contributed by atoms with van der Waals surface area (Å²) in [4.78, 5) is 38.0. The zero-order chi connectivity index (χ0) is 16.0. The highest BCUT2D eigenvalue weighted by Crippen LogP contribution is 2.20. The molecule has 0 aliphatic rings. The summed E-state index contributed by atoms with van der Waals surface area (Å²) in [6, 6.07) is 1.04. The van der Waals surface area contributed by atoms with Crippen molar-refractivity contribution >= 4 is 23.4 Å². The number of aromatic carboxylic acids is 1. The van der Waals surface area contributed by atoms with E-state index in [2.05, 4.69) is 10.3 Å². The molecule has 0 spiro atoms. The lowest BCUT2D eigenvalue weighted by Gasteiger charge is -2.18. The maximum atomic E-state index is 11.8. The van der Waals surface area contributed by atoms with E-state index in [-0.39, 0.29) is 18.3 Å². The lowest BCUT2D eigenvalue weighted by atomic mass is 10.2. The van der Waals surface area contributed by atoms with Crippen LogP contribution in [0.5, 0.6) is 0 Å². The molecule has 0 saturated carbocycles. The van der Waals surface area contributed by atoms with E-state index in [0.29, 0.717) is 13.1 Å². The standard InChI is InChI=1S/C12H16N4O5/c1-3-15(4-2)11(17)7-14-10-5-8(12(18)19)9(6-13-10)16(20)21/h5-6H,3-4,7H2,1-2H3,(H,13,14)(H,18,19). The molecule has 2 N–H and O–H groups in total. The zero-order valence-electron chi connectivity index (χ0n) is 11.7. The Bertz CT molecular complexity index is 557. The number of pyridine rings is 1. The summed E-state index contributed by atoms with van der Waals surface area (Å²) in [6.45, 7) is 4.74. The van der Waals surface area contributed by atoms with Gasteiger partial charge >= 0.3 is 11.7 Å². The largest absolute Gasteiger partial charge is 0.477 e. The molecule has 9 heteroatoms. The molecule has 0 unspecified atom stereocenters. The highest BCUT2D eigenvalue weighted by molar-refractivity contribution is 5.93. The third kappa shape index (κ3) is 4.13. The molecule has 0 atom stereocenters. The van der Waals surface area contributed by atoms with Crippen LogP contribution in [-0.2, 0) is 4.79 Å². The Balaban J connectivity index is 2.86. The predicted octanol–water partition coefficient (Wildman–Crippen LogP) is 0.968. The second-order valence-electron chi connectivity index (χ2n) is 4.07. The molecule has 0 aliphatic heterocycles. The van der Waals surface area contributed by atoms with E-state index in [9.17, 15) is 19.7 Å².